The van der Waals surface area contributed by atoms with Crippen LogP contribution in [0.3, 0.4) is 0 Å². The Morgan fingerprint density at radius 1 is 0.857 bits per heavy atom. The van der Waals surface area contributed by atoms with Crippen molar-refractivity contribution in [2.75, 3.05) is 54.1 Å². The van der Waals surface area contributed by atoms with Crippen LogP contribution in [0.25, 0.3) is 0 Å². The number of rotatable bonds is 23. The summed E-state index contributed by atoms with van der Waals surface area (Å²) in [6, 6.07) is 0. The van der Waals surface area contributed by atoms with Gasteiger partial charge in [-0.3, -0.25) is 4.57 Å². The summed E-state index contributed by atoms with van der Waals surface area (Å²) < 4.78 is 34.8. The molecule has 210 valence electrons. The van der Waals surface area contributed by atoms with Crippen LogP contribution in [0.4, 0.5) is 0 Å². The van der Waals surface area contributed by atoms with Gasteiger partial charge in [-0.2, -0.15) is 0 Å². The van der Waals surface area contributed by atoms with Crippen LogP contribution in [-0.2, 0) is 23.1 Å². The van der Waals surface area contributed by atoms with Crippen molar-refractivity contribution in [3.63, 3.8) is 0 Å². The molecule has 0 aromatic rings. The Morgan fingerprint density at radius 3 is 1.94 bits per heavy atom. The van der Waals surface area contributed by atoms with Crippen LogP contribution in [0, 0.1) is 0 Å². The quantitative estimate of drug-likeness (QED) is 0.0900. The highest BCUT2D eigenvalue weighted by atomic mass is 31.2. The second kappa shape index (κ2) is 20.0. The van der Waals surface area contributed by atoms with E-state index in [1.165, 1.54) is 83.5 Å². The van der Waals surface area contributed by atoms with Crippen molar-refractivity contribution in [1.29, 1.82) is 0 Å². The van der Waals surface area contributed by atoms with Gasteiger partial charge in [0.2, 0.25) is 0 Å². The molecule has 1 fully saturated rings. The summed E-state index contributed by atoms with van der Waals surface area (Å²) in [5.41, 5.74) is 0. The number of quaternary nitrogens is 1. The van der Waals surface area contributed by atoms with E-state index < -0.39 is 13.9 Å². The molecule has 0 radical (unpaired) electrons. The number of unbranched alkanes of at least 4 members (excludes halogenated alkanes) is 13. The second-order valence-corrected chi connectivity index (χ2v) is 12.5. The van der Waals surface area contributed by atoms with Gasteiger partial charge in [0, 0.05) is 13.2 Å². The van der Waals surface area contributed by atoms with Gasteiger partial charge in [-0.1, -0.05) is 90.4 Å². The molecule has 1 aliphatic rings. The van der Waals surface area contributed by atoms with Crippen molar-refractivity contribution in [2.24, 2.45) is 0 Å². The minimum atomic E-state index is -4.36. The normalized spacial score (nSPS) is 20.7. The molecular weight excluding hydrogens is 465 g/mol. The first-order valence-corrected chi connectivity index (χ1v) is 15.8. The fraction of sp³-hybridized carbons (Fsp3) is 1.00. The van der Waals surface area contributed by atoms with Crippen LogP contribution < -0.4 is 4.89 Å². The Labute approximate surface area is 216 Å². The fourth-order valence-electron chi connectivity index (χ4n) is 4.31. The maximum atomic E-state index is 12.2. The number of hydrogen-bond acceptors (Lipinski definition) is 6. The van der Waals surface area contributed by atoms with Crippen LogP contribution >= 0.6 is 7.82 Å². The Morgan fingerprint density at radius 2 is 1.40 bits per heavy atom. The molecule has 1 rings (SSSR count). The van der Waals surface area contributed by atoms with Crippen LogP contribution in [0.5, 0.6) is 0 Å². The Kier molecular flexibility index (Phi) is 18.9. The van der Waals surface area contributed by atoms with Crippen molar-refractivity contribution >= 4 is 7.82 Å². The SMILES string of the molecule is CCCCCCCCCCCCCCCCOC[C@@H]1OCCC[C@H]1OP(=O)([O-])OCC[N+](C)(C)C. The number of ether oxygens (including phenoxy) is 2. The molecular formula is C27H56NO6P. The maximum absolute atomic E-state index is 12.2. The van der Waals surface area contributed by atoms with Crippen molar-refractivity contribution < 1.29 is 32.5 Å². The standard InChI is InChI=1S/C27H56NO6P/c1-5-6-7-8-9-10-11-12-13-14-15-16-17-18-22-31-25-27-26(20-19-23-32-27)34-35(29,30)33-24-21-28(2,3)4/h26-27H,5-25H2,1-4H3/t26-,27+/m1/s1. The van der Waals surface area contributed by atoms with E-state index in [0.717, 1.165) is 12.8 Å². The molecule has 8 heteroatoms. The first-order chi connectivity index (χ1) is 16.7. The molecule has 0 saturated carbocycles. The van der Waals surface area contributed by atoms with Crippen LogP contribution in [0.2, 0.25) is 0 Å². The molecule has 7 nitrogen and oxygen atoms in total. The summed E-state index contributed by atoms with van der Waals surface area (Å²) in [5.74, 6) is 0. The Bertz CT molecular complexity index is 542. The zero-order chi connectivity index (χ0) is 25.8. The summed E-state index contributed by atoms with van der Waals surface area (Å²) >= 11 is 0. The second-order valence-electron chi connectivity index (χ2n) is 11.2. The minimum absolute atomic E-state index is 0.109. The highest BCUT2D eigenvalue weighted by molar-refractivity contribution is 7.45. The van der Waals surface area contributed by atoms with Gasteiger partial charge in [-0.15, -0.1) is 0 Å². The fourth-order valence-corrected chi connectivity index (χ4v) is 5.25. The summed E-state index contributed by atoms with van der Waals surface area (Å²) in [6.07, 6.45) is 19.2. The molecule has 0 bridgehead atoms. The van der Waals surface area contributed by atoms with E-state index in [-0.39, 0.29) is 12.7 Å². The number of phosphoric ester groups is 1. The zero-order valence-electron chi connectivity index (χ0n) is 23.3. The van der Waals surface area contributed by atoms with Crippen molar-refractivity contribution in [3.8, 4) is 0 Å². The Balaban J connectivity index is 2.03. The average Bonchev–Trinajstić information content (AvgIpc) is 2.78. The van der Waals surface area contributed by atoms with Gasteiger partial charge in [0.15, 0.2) is 0 Å². The summed E-state index contributed by atoms with van der Waals surface area (Å²) in [5, 5.41) is 0. The molecule has 35 heavy (non-hydrogen) atoms. The van der Waals surface area contributed by atoms with E-state index in [2.05, 4.69) is 6.92 Å². The number of nitrogens with zero attached hydrogens (tertiary/aromatic N) is 1. The predicted octanol–water partition coefficient (Wildman–Crippen LogP) is 6.24. The highest BCUT2D eigenvalue weighted by Crippen LogP contribution is 2.42. The van der Waals surface area contributed by atoms with Crippen molar-refractivity contribution in [3.05, 3.63) is 0 Å². The molecule has 0 spiro atoms. The topological polar surface area (TPSA) is 77.1 Å². The van der Waals surface area contributed by atoms with E-state index >= 15 is 0 Å². The summed E-state index contributed by atoms with van der Waals surface area (Å²) in [6.45, 7) is 4.62. The lowest BCUT2D eigenvalue weighted by molar-refractivity contribution is -0.870. The first-order valence-electron chi connectivity index (χ1n) is 14.4. The third-order valence-corrected chi connectivity index (χ3v) is 7.61. The minimum Gasteiger partial charge on any atom is -0.756 e. The average molecular weight is 522 g/mol. The van der Waals surface area contributed by atoms with E-state index in [1.54, 1.807) is 0 Å². The summed E-state index contributed by atoms with van der Waals surface area (Å²) in [7, 11) is 1.60. The zero-order valence-corrected chi connectivity index (χ0v) is 24.2. The van der Waals surface area contributed by atoms with Gasteiger partial charge in [-0.25, -0.2) is 0 Å². The van der Waals surface area contributed by atoms with Crippen LogP contribution in [-0.4, -0.2) is 70.8 Å². The van der Waals surface area contributed by atoms with Gasteiger partial charge in [-0.05, 0) is 19.3 Å². The molecule has 3 atom stereocenters. The third kappa shape index (κ3) is 19.7. The third-order valence-electron chi connectivity index (χ3n) is 6.58. The van der Waals surface area contributed by atoms with Crippen molar-refractivity contribution in [2.45, 2.75) is 122 Å². The van der Waals surface area contributed by atoms with E-state index in [1.807, 2.05) is 21.1 Å². The smallest absolute Gasteiger partial charge is 0.268 e. The molecule has 1 unspecified atom stereocenters. The lowest BCUT2D eigenvalue weighted by Gasteiger charge is -2.35. The Hall–Kier alpha value is -0.0100. The molecule has 0 N–H and O–H groups in total. The molecule has 0 aliphatic carbocycles. The number of hydrogen-bond donors (Lipinski definition) is 0. The number of likely N-dealkylation sites (N-methyl/N-ethyl adjacent to an activating group) is 1. The molecule has 1 heterocycles. The molecule has 1 saturated heterocycles. The molecule has 0 aromatic heterocycles. The lowest BCUT2D eigenvalue weighted by Crippen LogP contribution is -2.40. The lowest BCUT2D eigenvalue weighted by atomic mass is 10.0. The predicted molar refractivity (Wildman–Crippen MR) is 141 cm³/mol. The van der Waals surface area contributed by atoms with Crippen LogP contribution in [0.15, 0.2) is 0 Å². The van der Waals surface area contributed by atoms with Gasteiger partial charge in [0.1, 0.15) is 19.3 Å². The van der Waals surface area contributed by atoms with E-state index in [0.29, 0.717) is 37.3 Å². The van der Waals surface area contributed by atoms with E-state index in [9.17, 15) is 9.46 Å². The van der Waals surface area contributed by atoms with Gasteiger partial charge in [0.25, 0.3) is 7.82 Å². The van der Waals surface area contributed by atoms with Gasteiger partial charge < -0.3 is 27.9 Å². The van der Waals surface area contributed by atoms with Gasteiger partial charge >= 0.3 is 0 Å². The van der Waals surface area contributed by atoms with Crippen molar-refractivity contribution in [1.82, 2.24) is 0 Å². The first kappa shape index (κ1) is 33.0. The summed E-state index contributed by atoms with van der Waals surface area (Å²) in [4.78, 5) is 12.2. The monoisotopic (exact) mass is 521 g/mol. The van der Waals surface area contributed by atoms with Gasteiger partial charge in [0.05, 0.1) is 33.9 Å². The molecule has 1 aliphatic heterocycles. The van der Waals surface area contributed by atoms with Crippen LogP contribution in [0.1, 0.15) is 110 Å². The largest absolute Gasteiger partial charge is 0.756 e. The van der Waals surface area contributed by atoms with E-state index in [4.69, 9.17) is 18.5 Å². The highest BCUT2D eigenvalue weighted by Gasteiger charge is 2.30. The number of phosphoric acid groups is 1. The maximum Gasteiger partial charge on any atom is 0.268 e. The molecule has 0 amide bonds. The molecule has 0 aromatic carbocycles.